The first-order valence-corrected chi connectivity index (χ1v) is 7.23. The Morgan fingerprint density at radius 3 is 2.44 bits per heavy atom. The number of fused-ring (bicyclic) bond motifs is 1. The van der Waals surface area contributed by atoms with Crippen molar-refractivity contribution in [3.63, 3.8) is 0 Å². The van der Waals surface area contributed by atoms with Gasteiger partial charge in [-0.15, -0.1) is 0 Å². The molecule has 0 aromatic rings. The first kappa shape index (κ1) is 12.2. The van der Waals surface area contributed by atoms with E-state index in [-0.39, 0.29) is 30.0 Å². The summed E-state index contributed by atoms with van der Waals surface area (Å²) >= 11 is 0. The Kier molecular flexibility index (Phi) is 3.37. The molecule has 3 rings (SSSR count). The molecule has 2 aliphatic carbocycles. The number of hydrogen-bond acceptors (Lipinski definition) is 3. The van der Waals surface area contributed by atoms with Crippen LogP contribution >= 0.6 is 0 Å². The average Bonchev–Trinajstić information content (AvgIpc) is 2.39. The van der Waals surface area contributed by atoms with Crippen LogP contribution in [0.4, 0.5) is 0 Å². The molecule has 1 aliphatic heterocycles. The topological polar surface area (TPSA) is 58.9 Å². The van der Waals surface area contributed by atoms with Crippen LogP contribution in [0.1, 0.15) is 51.4 Å². The van der Waals surface area contributed by atoms with Crippen LogP contribution in [0.25, 0.3) is 0 Å². The van der Waals surface area contributed by atoms with E-state index in [2.05, 4.69) is 4.99 Å². The molecule has 2 fully saturated rings. The summed E-state index contributed by atoms with van der Waals surface area (Å²) in [5.41, 5.74) is 0. The minimum Gasteiger partial charge on any atom is -0.476 e. The highest BCUT2D eigenvalue weighted by atomic mass is 16.5. The van der Waals surface area contributed by atoms with Gasteiger partial charge in [0.1, 0.15) is 6.10 Å². The molecule has 0 bridgehead atoms. The number of aliphatic hydroxyl groups excluding tert-OH is 1. The van der Waals surface area contributed by atoms with Gasteiger partial charge in [-0.1, -0.05) is 19.3 Å². The van der Waals surface area contributed by atoms with Gasteiger partial charge in [0.15, 0.2) is 5.90 Å². The number of carbonyl (C=O) groups is 1. The largest absolute Gasteiger partial charge is 0.476 e. The Bertz CT molecular complexity index is 366. The molecule has 0 spiro atoms. The Labute approximate surface area is 107 Å². The van der Waals surface area contributed by atoms with Gasteiger partial charge in [0.05, 0.1) is 17.9 Å². The Balaban J connectivity index is 1.78. The summed E-state index contributed by atoms with van der Waals surface area (Å²) in [6, 6.07) is 0. The van der Waals surface area contributed by atoms with Crippen LogP contribution in [-0.4, -0.2) is 29.1 Å². The maximum absolute atomic E-state index is 12.0. The maximum atomic E-state index is 12.0. The summed E-state index contributed by atoms with van der Waals surface area (Å²) in [6.07, 6.45) is 7.59. The highest BCUT2D eigenvalue weighted by Gasteiger charge is 2.40. The first-order chi connectivity index (χ1) is 8.75. The highest BCUT2D eigenvalue weighted by Crippen LogP contribution is 2.34. The molecule has 4 nitrogen and oxygen atoms in total. The molecule has 1 N–H and O–H groups in total. The standard InChI is InChI=1S/C14H21NO3/c16-11-7-3-1-5-9(11)14-15-13(17)10-6-2-4-8-12(10)18-14/h9-12,16H,1-8H2. The molecule has 0 aromatic carbocycles. The van der Waals surface area contributed by atoms with Crippen molar-refractivity contribution in [1.29, 1.82) is 0 Å². The number of nitrogens with zero attached hydrogens (tertiary/aromatic N) is 1. The number of aliphatic imine (C=N–C) groups is 1. The van der Waals surface area contributed by atoms with Crippen molar-refractivity contribution >= 4 is 11.8 Å². The van der Waals surface area contributed by atoms with E-state index >= 15 is 0 Å². The summed E-state index contributed by atoms with van der Waals surface area (Å²) in [6.45, 7) is 0. The molecule has 0 saturated heterocycles. The number of aliphatic hydroxyl groups is 1. The summed E-state index contributed by atoms with van der Waals surface area (Å²) in [5.74, 6) is 0.433. The Morgan fingerprint density at radius 1 is 1.00 bits per heavy atom. The van der Waals surface area contributed by atoms with E-state index in [1.807, 2.05) is 0 Å². The van der Waals surface area contributed by atoms with Crippen molar-refractivity contribution in [2.75, 3.05) is 0 Å². The van der Waals surface area contributed by atoms with Gasteiger partial charge in [-0.25, -0.2) is 0 Å². The Hall–Kier alpha value is -0.900. The zero-order chi connectivity index (χ0) is 12.5. The van der Waals surface area contributed by atoms with Gasteiger partial charge in [-0.05, 0) is 32.1 Å². The predicted octanol–water partition coefficient (Wildman–Crippen LogP) is 2.05. The molecule has 3 aliphatic rings. The maximum Gasteiger partial charge on any atom is 0.255 e. The number of carbonyl (C=O) groups excluding carboxylic acids is 1. The van der Waals surface area contributed by atoms with Crippen molar-refractivity contribution in [3.8, 4) is 0 Å². The monoisotopic (exact) mass is 251 g/mol. The van der Waals surface area contributed by atoms with Crippen LogP contribution in [-0.2, 0) is 9.53 Å². The van der Waals surface area contributed by atoms with E-state index in [0.29, 0.717) is 5.90 Å². The summed E-state index contributed by atoms with van der Waals surface area (Å²) < 4.78 is 5.94. The second-order valence-corrected chi connectivity index (χ2v) is 5.79. The molecule has 100 valence electrons. The molecule has 1 amide bonds. The van der Waals surface area contributed by atoms with Gasteiger partial charge in [0, 0.05) is 0 Å². The first-order valence-electron chi connectivity index (χ1n) is 7.23. The van der Waals surface area contributed by atoms with Crippen LogP contribution in [0.2, 0.25) is 0 Å². The summed E-state index contributed by atoms with van der Waals surface area (Å²) in [7, 11) is 0. The lowest BCUT2D eigenvalue weighted by molar-refractivity contribution is -0.128. The molecule has 0 aromatic heterocycles. The molecule has 18 heavy (non-hydrogen) atoms. The molecule has 4 unspecified atom stereocenters. The van der Waals surface area contributed by atoms with E-state index in [4.69, 9.17) is 4.74 Å². The van der Waals surface area contributed by atoms with Crippen LogP contribution < -0.4 is 0 Å². The number of rotatable bonds is 1. The normalized spacial score (nSPS) is 40.7. The molecule has 2 saturated carbocycles. The number of amides is 1. The van der Waals surface area contributed by atoms with Crippen LogP contribution in [0.5, 0.6) is 0 Å². The molecular weight excluding hydrogens is 230 g/mol. The van der Waals surface area contributed by atoms with Gasteiger partial charge in [0.25, 0.3) is 5.91 Å². The van der Waals surface area contributed by atoms with E-state index in [0.717, 1.165) is 51.4 Å². The minimum absolute atomic E-state index is 0.0151. The van der Waals surface area contributed by atoms with Crippen molar-refractivity contribution in [2.45, 2.75) is 63.6 Å². The third kappa shape index (κ3) is 2.18. The van der Waals surface area contributed by atoms with Gasteiger partial charge in [0.2, 0.25) is 0 Å². The van der Waals surface area contributed by atoms with Crippen molar-refractivity contribution < 1.29 is 14.6 Å². The van der Waals surface area contributed by atoms with Gasteiger partial charge >= 0.3 is 0 Å². The van der Waals surface area contributed by atoms with E-state index in [1.54, 1.807) is 0 Å². The van der Waals surface area contributed by atoms with Crippen LogP contribution in [0, 0.1) is 11.8 Å². The predicted molar refractivity (Wildman–Crippen MR) is 67.2 cm³/mol. The van der Waals surface area contributed by atoms with Crippen LogP contribution in [0.15, 0.2) is 4.99 Å². The number of hydrogen-bond donors (Lipinski definition) is 1. The lowest BCUT2D eigenvalue weighted by atomic mass is 9.83. The van der Waals surface area contributed by atoms with Crippen molar-refractivity contribution in [3.05, 3.63) is 0 Å². The van der Waals surface area contributed by atoms with Gasteiger partial charge < -0.3 is 9.84 Å². The number of ether oxygens (including phenoxy) is 1. The molecular formula is C14H21NO3. The SMILES string of the molecule is O=C1N=C(C2CCCCC2O)OC2CCCCC12. The second kappa shape index (κ2) is 5.00. The fraction of sp³-hybridized carbons (Fsp3) is 0.857. The fourth-order valence-corrected chi connectivity index (χ4v) is 3.46. The molecule has 0 radical (unpaired) electrons. The molecule has 4 heteroatoms. The lowest BCUT2D eigenvalue weighted by Gasteiger charge is -2.37. The van der Waals surface area contributed by atoms with Crippen molar-refractivity contribution in [1.82, 2.24) is 0 Å². The third-order valence-corrected chi connectivity index (χ3v) is 4.56. The minimum atomic E-state index is -0.384. The molecule has 1 heterocycles. The third-order valence-electron chi connectivity index (χ3n) is 4.56. The highest BCUT2D eigenvalue weighted by molar-refractivity contribution is 5.96. The van der Waals surface area contributed by atoms with Gasteiger partial charge in [-0.3, -0.25) is 4.79 Å². The smallest absolute Gasteiger partial charge is 0.255 e. The zero-order valence-electron chi connectivity index (χ0n) is 10.7. The average molecular weight is 251 g/mol. The van der Waals surface area contributed by atoms with E-state index in [9.17, 15) is 9.90 Å². The quantitative estimate of drug-likeness (QED) is 0.776. The summed E-state index contributed by atoms with van der Waals surface area (Å²) in [4.78, 5) is 16.2. The fourth-order valence-electron chi connectivity index (χ4n) is 3.46. The van der Waals surface area contributed by atoms with E-state index < -0.39 is 0 Å². The zero-order valence-corrected chi connectivity index (χ0v) is 10.7. The van der Waals surface area contributed by atoms with Crippen molar-refractivity contribution in [2.24, 2.45) is 16.8 Å². The Morgan fingerprint density at radius 2 is 1.67 bits per heavy atom. The molecule has 4 atom stereocenters. The lowest BCUT2D eigenvalue weighted by Crippen LogP contribution is -2.44. The van der Waals surface area contributed by atoms with Crippen LogP contribution in [0.3, 0.4) is 0 Å². The summed E-state index contributed by atoms with van der Waals surface area (Å²) in [5, 5.41) is 10.0. The van der Waals surface area contributed by atoms with E-state index in [1.165, 1.54) is 0 Å². The van der Waals surface area contributed by atoms with Gasteiger partial charge in [-0.2, -0.15) is 4.99 Å². The second-order valence-electron chi connectivity index (χ2n) is 5.79.